The molecule has 0 aromatic heterocycles. The van der Waals surface area contributed by atoms with Crippen molar-refractivity contribution in [1.29, 1.82) is 0 Å². The average Bonchev–Trinajstić information content (AvgIpc) is 2.92. The summed E-state index contributed by atoms with van der Waals surface area (Å²) in [5, 5.41) is 2.86. The van der Waals surface area contributed by atoms with E-state index in [9.17, 15) is 4.79 Å². The van der Waals surface area contributed by atoms with Crippen molar-refractivity contribution in [3.05, 3.63) is 18.2 Å². The predicted molar refractivity (Wildman–Crippen MR) is 84.4 cm³/mol. The number of nitrogens with one attached hydrogen (secondary N) is 1. The number of ether oxygens (including phenoxy) is 1. The van der Waals surface area contributed by atoms with E-state index in [4.69, 9.17) is 10.5 Å². The van der Waals surface area contributed by atoms with Crippen LogP contribution in [0.2, 0.25) is 0 Å². The zero-order valence-corrected chi connectivity index (χ0v) is 12.7. The van der Waals surface area contributed by atoms with Gasteiger partial charge in [-0.05, 0) is 37.4 Å². The summed E-state index contributed by atoms with van der Waals surface area (Å²) in [5.74, 6) is 2.85. The molecule has 1 aliphatic heterocycles. The quantitative estimate of drug-likeness (QED) is 0.809. The highest BCUT2D eigenvalue weighted by molar-refractivity contribution is 7.99. The summed E-state index contributed by atoms with van der Waals surface area (Å²) < 4.78 is 5.22. The van der Waals surface area contributed by atoms with Crippen LogP contribution in [0.3, 0.4) is 0 Å². The van der Waals surface area contributed by atoms with Gasteiger partial charge < -0.3 is 15.8 Å². The summed E-state index contributed by atoms with van der Waals surface area (Å²) in [7, 11) is 3.57. The first-order valence-electron chi connectivity index (χ1n) is 6.61. The van der Waals surface area contributed by atoms with Gasteiger partial charge in [-0.3, -0.25) is 9.69 Å². The second kappa shape index (κ2) is 6.85. The summed E-state index contributed by atoms with van der Waals surface area (Å²) >= 11 is 1.94. The average molecular weight is 295 g/mol. The van der Waals surface area contributed by atoms with E-state index in [2.05, 4.69) is 10.2 Å². The summed E-state index contributed by atoms with van der Waals surface area (Å²) in [6.07, 6.45) is 1.15. The van der Waals surface area contributed by atoms with E-state index >= 15 is 0 Å². The number of rotatable bonds is 5. The van der Waals surface area contributed by atoms with Crippen LogP contribution in [-0.4, -0.2) is 49.1 Å². The number of thioether (sulfide) groups is 1. The number of hydrogen-bond acceptors (Lipinski definition) is 5. The Balaban J connectivity index is 1.95. The zero-order valence-electron chi connectivity index (χ0n) is 11.9. The number of hydrogen-bond donors (Lipinski definition) is 2. The minimum atomic E-state index is -0.0479. The van der Waals surface area contributed by atoms with E-state index in [0.29, 0.717) is 29.7 Å². The van der Waals surface area contributed by atoms with Crippen LogP contribution in [0.15, 0.2) is 18.2 Å². The van der Waals surface area contributed by atoms with Gasteiger partial charge >= 0.3 is 0 Å². The van der Waals surface area contributed by atoms with Crippen molar-refractivity contribution >= 4 is 29.0 Å². The van der Waals surface area contributed by atoms with Crippen molar-refractivity contribution < 1.29 is 9.53 Å². The maximum Gasteiger partial charge on any atom is 0.238 e. The lowest BCUT2D eigenvalue weighted by Gasteiger charge is -2.22. The van der Waals surface area contributed by atoms with Crippen LogP contribution in [0.4, 0.5) is 11.4 Å². The molecule has 2 rings (SSSR count). The molecule has 6 heteroatoms. The van der Waals surface area contributed by atoms with E-state index in [1.54, 1.807) is 25.3 Å². The first-order valence-corrected chi connectivity index (χ1v) is 7.77. The fourth-order valence-corrected chi connectivity index (χ4v) is 3.54. The Hall–Kier alpha value is -1.40. The number of likely N-dealkylation sites (N-methyl/N-ethyl adjacent to an activating group) is 1. The van der Waals surface area contributed by atoms with Crippen LogP contribution in [0.5, 0.6) is 5.75 Å². The van der Waals surface area contributed by atoms with E-state index in [-0.39, 0.29) is 5.91 Å². The van der Waals surface area contributed by atoms with Crippen LogP contribution in [0.1, 0.15) is 6.42 Å². The van der Waals surface area contributed by atoms with E-state index in [1.807, 2.05) is 18.8 Å². The maximum atomic E-state index is 12.1. The van der Waals surface area contributed by atoms with Crippen molar-refractivity contribution in [2.75, 3.05) is 43.3 Å². The van der Waals surface area contributed by atoms with Gasteiger partial charge in [0, 0.05) is 17.5 Å². The molecule has 0 radical (unpaired) electrons. The SMILES string of the molecule is COc1ccc(N)cc1NC(=O)CN(C)C1CCSC1. The number of carbonyl (C=O) groups is 1. The van der Waals surface area contributed by atoms with Gasteiger partial charge in [0.1, 0.15) is 5.75 Å². The molecule has 0 spiro atoms. The Morgan fingerprint density at radius 2 is 2.40 bits per heavy atom. The van der Waals surface area contributed by atoms with Gasteiger partial charge in [0.25, 0.3) is 0 Å². The fourth-order valence-electron chi connectivity index (χ4n) is 2.24. The molecular weight excluding hydrogens is 274 g/mol. The van der Waals surface area contributed by atoms with E-state index < -0.39 is 0 Å². The molecule has 1 aromatic rings. The molecule has 0 saturated carbocycles. The number of methoxy groups -OCH3 is 1. The van der Waals surface area contributed by atoms with Crippen molar-refractivity contribution in [2.24, 2.45) is 0 Å². The van der Waals surface area contributed by atoms with Crippen LogP contribution in [-0.2, 0) is 4.79 Å². The van der Waals surface area contributed by atoms with Gasteiger partial charge in [-0.25, -0.2) is 0 Å². The second-order valence-electron chi connectivity index (χ2n) is 4.94. The van der Waals surface area contributed by atoms with Gasteiger partial charge in [0.05, 0.1) is 19.3 Å². The Morgan fingerprint density at radius 3 is 3.05 bits per heavy atom. The van der Waals surface area contributed by atoms with Gasteiger partial charge in [-0.2, -0.15) is 11.8 Å². The van der Waals surface area contributed by atoms with Gasteiger partial charge in [-0.15, -0.1) is 0 Å². The second-order valence-corrected chi connectivity index (χ2v) is 6.09. The van der Waals surface area contributed by atoms with Crippen LogP contribution in [0, 0.1) is 0 Å². The topological polar surface area (TPSA) is 67.6 Å². The standard InChI is InChI=1S/C14H21N3O2S/c1-17(11-5-6-20-9-11)8-14(18)16-12-7-10(15)3-4-13(12)19-2/h3-4,7,11H,5-6,8-9,15H2,1-2H3,(H,16,18). The summed E-state index contributed by atoms with van der Waals surface area (Å²) in [5.41, 5.74) is 6.95. The number of anilines is 2. The van der Waals surface area contributed by atoms with Crippen molar-refractivity contribution in [3.63, 3.8) is 0 Å². The van der Waals surface area contributed by atoms with E-state index in [0.717, 1.165) is 12.2 Å². The zero-order chi connectivity index (χ0) is 14.5. The molecule has 1 aliphatic rings. The molecule has 110 valence electrons. The monoisotopic (exact) mass is 295 g/mol. The number of carbonyl (C=O) groups excluding carboxylic acids is 1. The molecule has 1 unspecified atom stereocenters. The highest BCUT2D eigenvalue weighted by Crippen LogP contribution is 2.26. The van der Waals surface area contributed by atoms with Crippen LogP contribution >= 0.6 is 11.8 Å². The summed E-state index contributed by atoms with van der Waals surface area (Å²) in [4.78, 5) is 14.2. The highest BCUT2D eigenvalue weighted by Gasteiger charge is 2.21. The molecule has 0 aliphatic carbocycles. The number of amides is 1. The Labute approximate surface area is 123 Å². The normalized spacial score (nSPS) is 18.2. The molecule has 1 heterocycles. The molecule has 1 saturated heterocycles. The third kappa shape index (κ3) is 3.80. The third-order valence-corrected chi connectivity index (χ3v) is 4.56. The van der Waals surface area contributed by atoms with Gasteiger partial charge in [-0.1, -0.05) is 0 Å². The van der Waals surface area contributed by atoms with Crippen LogP contribution in [0.25, 0.3) is 0 Å². The largest absolute Gasteiger partial charge is 0.495 e. The van der Waals surface area contributed by atoms with E-state index in [1.165, 1.54) is 5.75 Å². The Morgan fingerprint density at radius 1 is 1.60 bits per heavy atom. The van der Waals surface area contributed by atoms with Crippen molar-refractivity contribution in [2.45, 2.75) is 12.5 Å². The number of nitrogens with two attached hydrogens (primary N) is 1. The van der Waals surface area contributed by atoms with Crippen molar-refractivity contribution in [1.82, 2.24) is 4.90 Å². The molecule has 1 aromatic carbocycles. The molecule has 3 N–H and O–H groups in total. The molecule has 0 bridgehead atoms. The lowest BCUT2D eigenvalue weighted by atomic mass is 10.2. The maximum absolute atomic E-state index is 12.1. The molecule has 1 fully saturated rings. The first-order chi connectivity index (χ1) is 9.60. The lowest BCUT2D eigenvalue weighted by Crippen LogP contribution is -2.38. The van der Waals surface area contributed by atoms with Crippen molar-refractivity contribution in [3.8, 4) is 5.75 Å². The molecule has 1 atom stereocenters. The Kier molecular flexibility index (Phi) is 5.14. The van der Waals surface area contributed by atoms with Gasteiger partial charge in [0.2, 0.25) is 5.91 Å². The first kappa shape index (κ1) is 15.0. The molecular formula is C14H21N3O2S. The number of nitrogens with zero attached hydrogens (tertiary/aromatic N) is 1. The summed E-state index contributed by atoms with van der Waals surface area (Å²) in [6.45, 7) is 0.378. The third-order valence-electron chi connectivity index (χ3n) is 3.42. The highest BCUT2D eigenvalue weighted by atomic mass is 32.2. The minimum absolute atomic E-state index is 0.0479. The molecule has 20 heavy (non-hydrogen) atoms. The molecule has 5 nitrogen and oxygen atoms in total. The predicted octanol–water partition coefficient (Wildman–Crippen LogP) is 1.65. The molecule has 1 amide bonds. The minimum Gasteiger partial charge on any atom is -0.495 e. The summed E-state index contributed by atoms with van der Waals surface area (Å²) in [6, 6.07) is 5.70. The lowest BCUT2D eigenvalue weighted by molar-refractivity contribution is -0.117. The van der Waals surface area contributed by atoms with Crippen LogP contribution < -0.4 is 15.8 Å². The Bertz CT molecular complexity index is 475. The number of nitrogen functional groups attached to an aromatic ring is 1. The number of benzene rings is 1. The smallest absolute Gasteiger partial charge is 0.238 e. The van der Waals surface area contributed by atoms with Gasteiger partial charge in [0.15, 0.2) is 0 Å². The fraction of sp³-hybridized carbons (Fsp3) is 0.500.